The highest BCUT2D eigenvalue weighted by Gasteiger charge is 2.20. The Bertz CT molecular complexity index is 662. The van der Waals surface area contributed by atoms with Crippen LogP contribution in [0.2, 0.25) is 0 Å². The Morgan fingerprint density at radius 1 is 0.923 bits per heavy atom. The second kappa shape index (κ2) is 10.4. The molecule has 0 spiro atoms. The van der Waals surface area contributed by atoms with Gasteiger partial charge in [-0.1, -0.05) is 44.2 Å². The highest BCUT2D eigenvalue weighted by atomic mass is 16.3. The van der Waals surface area contributed by atoms with E-state index in [1.54, 1.807) is 11.0 Å². The summed E-state index contributed by atoms with van der Waals surface area (Å²) in [5.74, 6) is -0.0142. The van der Waals surface area contributed by atoms with Gasteiger partial charge in [-0.2, -0.15) is 0 Å². The summed E-state index contributed by atoms with van der Waals surface area (Å²) in [5.41, 5.74) is 1.54. The van der Waals surface area contributed by atoms with Gasteiger partial charge in [0.15, 0.2) is 0 Å². The minimum atomic E-state index is -0.118. The predicted molar refractivity (Wildman–Crippen MR) is 102 cm³/mol. The van der Waals surface area contributed by atoms with E-state index in [1.165, 1.54) is 12.5 Å². The first-order valence-corrected chi connectivity index (χ1v) is 9.28. The average molecular weight is 356 g/mol. The van der Waals surface area contributed by atoms with Crippen LogP contribution in [0.1, 0.15) is 49.0 Å². The van der Waals surface area contributed by atoms with E-state index in [9.17, 15) is 9.59 Å². The number of amides is 2. The molecule has 0 fully saturated rings. The summed E-state index contributed by atoms with van der Waals surface area (Å²) in [5, 5.41) is 0. The molecule has 1 aromatic carbocycles. The van der Waals surface area contributed by atoms with Crippen molar-refractivity contribution in [1.29, 1.82) is 0 Å². The van der Waals surface area contributed by atoms with E-state index in [1.807, 2.05) is 35.2 Å². The van der Waals surface area contributed by atoms with Gasteiger partial charge in [-0.05, 0) is 24.5 Å². The van der Waals surface area contributed by atoms with E-state index in [0.29, 0.717) is 25.1 Å². The molecule has 5 nitrogen and oxygen atoms in total. The van der Waals surface area contributed by atoms with E-state index in [-0.39, 0.29) is 11.8 Å². The molecule has 2 aromatic rings. The molecule has 0 aliphatic rings. The number of furan rings is 1. The molecular formula is C21H28N2O3. The van der Waals surface area contributed by atoms with Crippen molar-refractivity contribution in [2.24, 2.45) is 0 Å². The average Bonchev–Trinajstić information content (AvgIpc) is 3.19. The van der Waals surface area contributed by atoms with E-state index in [2.05, 4.69) is 13.8 Å². The van der Waals surface area contributed by atoms with Gasteiger partial charge in [-0.25, -0.2) is 0 Å². The first-order valence-electron chi connectivity index (χ1n) is 9.28. The fourth-order valence-electron chi connectivity index (χ4n) is 2.91. The van der Waals surface area contributed by atoms with Crippen LogP contribution in [0.15, 0.2) is 53.3 Å². The van der Waals surface area contributed by atoms with Crippen LogP contribution in [0, 0.1) is 0 Å². The largest absolute Gasteiger partial charge is 0.472 e. The molecule has 0 saturated carbocycles. The molecule has 0 aliphatic carbocycles. The zero-order valence-electron chi connectivity index (χ0n) is 15.7. The molecule has 0 N–H and O–H groups in total. The molecular weight excluding hydrogens is 328 g/mol. The third-order valence-corrected chi connectivity index (χ3v) is 4.21. The second-order valence-corrected chi connectivity index (χ2v) is 6.36. The summed E-state index contributed by atoms with van der Waals surface area (Å²) < 4.78 is 5.04. The predicted octanol–water partition coefficient (Wildman–Crippen LogP) is 3.96. The van der Waals surface area contributed by atoms with E-state index in [0.717, 1.165) is 31.5 Å². The van der Waals surface area contributed by atoms with Crippen molar-refractivity contribution in [1.82, 2.24) is 9.80 Å². The Balaban J connectivity index is 2.06. The minimum Gasteiger partial charge on any atom is -0.472 e. The van der Waals surface area contributed by atoms with E-state index >= 15 is 0 Å². The van der Waals surface area contributed by atoms with Crippen molar-refractivity contribution in [3.63, 3.8) is 0 Å². The Morgan fingerprint density at radius 3 is 2.19 bits per heavy atom. The van der Waals surface area contributed by atoms with Crippen LogP contribution in [-0.4, -0.2) is 41.2 Å². The van der Waals surface area contributed by atoms with Crippen LogP contribution in [0.3, 0.4) is 0 Å². The number of benzene rings is 1. The fraction of sp³-hybridized carbons (Fsp3) is 0.429. The number of nitrogens with zero attached hydrogens (tertiary/aromatic N) is 2. The SMILES string of the molecule is CCCN(CCC)C(=O)CCN(Cc1ccccc1)C(=O)c1ccoc1. The molecule has 0 aliphatic heterocycles. The molecule has 140 valence electrons. The van der Waals surface area contributed by atoms with Crippen molar-refractivity contribution in [2.45, 2.75) is 39.7 Å². The standard InChI is InChI=1S/C21H28N2O3/c1-3-12-22(13-4-2)20(24)10-14-23(16-18-8-6-5-7-9-18)21(25)19-11-15-26-17-19/h5-9,11,15,17H,3-4,10,12-14,16H2,1-2H3. The quantitative estimate of drug-likeness (QED) is 0.647. The highest BCUT2D eigenvalue weighted by molar-refractivity contribution is 5.94. The molecule has 2 amide bonds. The topological polar surface area (TPSA) is 53.8 Å². The molecule has 2 rings (SSSR count). The van der Waals surface area contributed by atoms with Gasteiger partial charge in [-0.3, -0.25) is 9.59 Å². The Morgan fingerprint density at radius 2 is 1.62 bits per heavy atom. The lowest BCUT2D eigenvalue weighted by Gasteiger charge is -2.25. The molecule has 26 heavy (non-hydrogen) atoms. The number of carbonyl (C=O) groups is 2. The fourth-order valence-corrected chi connectivity index (χ4v) is 2.91. The smallest absolute Gasteiger partial charge is 0.257 e. The number of rotatable bonds is 10. The molecule has 1 aromatic heterocycles. The summed E-state index contributed by atoms with van der Waals surface area (Å²) >= 11 is 0. The lowest BCUT2D eigenvalue weighted by molar-refractivity contribution is -0.131. The van der Waals surface area contributed by atoms with Crippen molar-refractivity contribution in [3.8, 4) is 0 Å². The number of hydrogen-bond donors (Lipinski definition) is 0. The second-order valence-electron chi connectivity index (χ2n) is 6.36. The van der Waals surface area contributed by atoms with Gasteiger partial charge in [0.2, 0.25) is 5.91 Å². The van der Waals surface area contributed by atoms with Crippen LogP contribution >= 0.6 is 0 Å². The summed E-state index contributed by atoms with van der Waals surface area (Å²) in [6.45, 7) is 6.53. The van der Waals surface area contributed by atoms with Crippen LogP contribution < -0.4 is 0 Å². The monoisotopic (exact) mass is 356 g/mol. The summed E-state index contributed by atoms with van der Waals surface area (Å²) in [6, 6.07) is 11.5. The van der Waals surface area contributed by atoms with Gasteiger partial charge in [0, 0.05) is 32.6 Å². The van der Waals surface area contributed by atoms with Crippen molar-refractivity contribution >= 4 is 11.8 Å². The van der Waals surface area contributed by atoms with Crippen LogP contribution in [0.25, 0.3) is 0 Å². The lowest BCUT2D eigenvalue weighted by Crippen LogP contribution is -2.37. The first-order chi connectivity index (χ1) is 12.7. The molecule has 0 radical (unpaired) electrons. The van der Waals surface area contributed by atoms with Gasteiger partial charge in [-0.15, -0.1) is 0 Å². The highest BCUT2D eigenvalue weighted by Crippen LogP contribution is 2.12. The van der Waals surface area contributed by atoms with Crippen molar-refractivity contribution < 1.29 is 14.0 Å². The van der Waals surface area contributed by atoms with Crippen molar-refractivity contribution in [3.05, 3.63) is 60.1 Å². The van der Waals surface area contributed by atoms with Gasteiger partial charge >= 0.3 is 0 Å². The molecule has 5 heteroatoms. The van der Waals surface area contributed by atoms with E-state index in [4.69, 9.17) is 4.42 Å². The molecule has 1 heterocycles. The maximum atomic E-state index is 12.8. The van der Waals surface area contributed by atoms with Gasteiger partial charge in [0.05, 0.1) is 11.8 Å². The molecule has 0 unspecified atom stereocenters. The molecule has 0 atom stereocenters. The van der Waals surface area contributed by atoms with Crippen LogP contribution in [-0.2, 0) is 11.3 Å². The zero-order valence-corrected chi connectivity index (χ0v) is 15.7. The zero-order chi connectivity index (χ0) is 18.8. The minimum absolute atomic E-state index is 0.103. The normalized spacial score (nSPS) is 10.5. The van der Waals surface area contributed by atoms with Crippen LogP contribution in [0.5, 0.6) is 0 Å². The Labute approximate surface area is 155 Å². The molecule has 0 bridgehead atoms. The summed E-state index contributed by atoms with van der Waals surface area (Å²) in [4.78, 5) is 29.0. The lowest BCUT2D eigenvalue weighted by atomic mass is 10.2. The van der Waals surface area contributed by atoms with Gasteiger partial charge in [0.1, 0.15) is 6.26 Å². The Kier molecular flexibility index (Phi) is 7.93. The van der Waals surface area contributed by atoms with E-state index < -0.39 is 0 Å². The van der Waals surface area contributed by atoms with Crippen molar-refractivity contribution in [2.75, 3.05) is 19.6 Å². The molecule has 0 saturated heterocycles. The summed E-state index contributed by atoms with van der Waals surface area (Å²) in [7, 11) is 0. The maximum absolute atomic E-state index is 12.8. The Hall–Kier alpha value is -2.56. The van der Waals surface area contributed by atoms with Gasteiger partial charge < -0.3 is 14.2 Å². The number of hydrogen-bond acceptors (Lipinski definition) is 3. The maximum Gasteiger partial charge on any atom is 0.257 e. The third kappa shape index (κ3) is 5.76. The summed E-state index contributed by atoms with van der Waals surface area (Å²) in [6.07, 6.45) is 5.14. The first kappa shape index (κ1) is 19.8. The third-order valence-electron chi connectivity index (χ3n) is 4.21. The number of carbonyl (C=O) groups excluding carboxylic acids is 2. The van der Waals surface area contributed by atoms with Crippen LogP contribution in [0.4, 0.5) is 0 Å². The van der Waals surface area contributed by atoms with Gasteiger partial charge in [0.25, 0.3) is 5.91 Å².